The van der Waals surface area contributed by atoms with E-state index in [-0.39, 0.29) is 29.7 Å². The number of aliphatic imine (C=N–C) groups is 1. The molecule has 0 saturated heterocycles. The fourth-order valence-corrected chi connectivity index (χ4v) is 2.55. The van der Waals surface area contributed by atoms with Crippen LogP contribution in [0.4, 0.5) is 13.2 Å². The van der Waals surface area contributed by atoms with E-state index < -0.39 is 12.8 Å². The average Bonchev–Trinajstić information content (AvgIpc) is 2.72. The molecule has 0 aromatic heterocycles. The van der Waals surface area contributed by atoms with E-state index in [4.69, 9.17) is 14.2 Å². The zero-order chi connectivity index (χ0) is 21.3. The summed E-state index contributed by atoms with van der Waals surface area (Å²) in [6, 6.07) is 12.0. The number of nitrogens with zero attached hydrogens (tertiary/aromatic N) is 1. The van der Waals surface area contributed by atoms with Gasteiger partial charge in [0.15, 0.2) is 24.1 Å². The molecule has 0 fully saturated rings. The smallest absolute Gasteiger partial charge is 0.422 e. The number of nitrogens with one attached hydrogen (secondary N) is 2. The summed E-state index contributed by atoms with van der Waals surface area (Å²) in [6.45, 7) is -0.409. The first-order valence-corrected chi connectivity index (χ1v) is 8.79. The molecule has 0 bridgehead atoms. The number of rotatable bonds is 8. The van der Waals surface area contributed by atoms with Crippen molar-refractivity contribution in [2.75, 3.05) is 27.9 Å². The second-order valence-electron chi connectivity index (χ2n) is 5.98. The minimum Gasteiger partial charge on any atom is -0.493 e. The van der Waals surface area contributed by atoms with Crippen molar-refractivity contribution in [3.8, 4) is 17.2 Å². The molecule has 0 saturated carbocycles. The van der Waals surface area contributed by atoms with Crippen LogP contribution in [0.3, 0.4) is 0 Å². The van der Waals surface area contributed by atoms with E-state index in [1.807, 2.05) is 18.2 Å². The molecule has 2 rings (SSSR count). The summed E-state index contributed by atoms with van der Waals surface area (Å²) in [5.74, 6) is 2.01. The maximum absolute atomic E-state index is 12.2. The minimum atomic E-state index is -4.36. The topological polar surface area (TPSA) is 64.1 Å². The van der Waals surface area contributed by atoms with Gasteiger partial charge in [-0.15, -0.1) is 24.0 Å². The van der Waals surface area contributed by atoms with E-state index in [0.717, 1.165) is 11.1 Å². The van der Waals surface area contributed by atoms with Gasteiger partial charge in [-0.3, -0.25) is 4.99 Å². The number of methoxy groups -OCH3 is 2. The fraction of sp³-hybridized carbons (Fsp3) is 0.350. The van der Waals surface area contributed by atoms with Crippen LogP contribution in [0.1, 0.15) is 11.1 Å². The minimum absolute atomic E-state index is 0. The summed E-state index contributed by atoms with van der Waals surface area (Å²) < 4.78 is 51.9. The zero-order valence-electron chi connectivity index (χ0n) is 16.9. The Hall–Kier alpha value is -2.37. The van der Waals surface area contributed by atoms with E-state index in [2.05, 4.69) is 15.6 Å². The summed E-state index contributed by atoms with van der Waals surface area (Å²) in [4.78, 5) is 4.16. The van der Waals surface area contributed by atoms with Crippen LogP contribution in [0.2, 0.25) is 0 Å². The normalized spacial score (nSPS) is 11.3. The molecule has 0 unspecified atom stereocenters. The van der Waals surface area contributed by atoms with E-state index in [9.17, 15) is 13.2 Å². The maximum atomic E-state index is 12.2. The molecule has 0 aliphatic heterocycles. The molecule has 0 radical (unpaired) electrons. The Labute approximate surface area is 190 Å². The van der Waals surface area contributed by atoms with Gasteiger partial charge >= 0.3 is 6.18 Å². The predicted molar refractivity (Wildman–Crippen MR) is 120 cm³/mol. The van der Waals surface area contributed by atoms with Crippen LogP contribution in [0.25, 0.3) is 0 Å². The van der Waals surface area contributed by atoms with Gasteiger partial charge in [-0.1, -0.05) is 24.3 Å². The number of ether oxygens (including phenoxy) is 3. The van der Waals surface area contributed by atoms with Crippen LogP contribution in [0.15, 0.2) is 47.5 Å². The van der Waals surface area contributed by atoms with Crippen molar-refractivity contribution in [1.82, 2.24) is 10.6 Å². The van der Waals surface area contributed by atoms with Gasteiger partial charge in [-0.2, -0.15) is 13.2 Å². The largest absolute Gasteiger partial charge is 0.493 e. The summed E-state index contributed by atoms with van der Waals surface area (Å²) in [5.41, 5.74) is 1.77. The van der Waals surface area contributed by atoms with Gasteiger partial charge in [0.05, 0.1) is 14.2 Å². The van der Waals surface area contributed by atoms with E-state index in [0.29, 0.717) is 30.5 Å². The summed E-state index contributed by atoms with van der Waals surface area (Å²) in [5, 5.41) is 6.33. The van der Waals surface area contributed by atoms with Crippen molar-refractivity contribution in [1.29, 1.82) is 0 Å². The standard InChI is InChI=1S/C20H24F3N3O3.HI/c1-24-19(26-12-15-5-4-6-17(27-2)18(15)28-3)25-11-14-7-9-16(10-8-14)29-13-20(21,22)23;/h4-10H,11-13H2,1-3H3,(H2,24,25,26);1H. The highest BCUT2D eigenvalue weighted by Crippen LogP contribution is 2.30. The molecule has 6 nitrogen and oxygen atoms in total. The van der Waals surface area contributed by atoms with Gasteiger partial charge in [0.2, 0.25) is 0 Å². The molecule has 0 aliphatic carbocycles. The molecule has 0 heterocycles. The summed E-state index contributed by atoms with van der Waals surface area (Å²) in [7, 11) is 4.80. The number of hydrogen-bond acceptors (Lipinski definition) is 4. The predicted octanol–water partition coefficient (Wildman–Crippen LogP) is 4.13. The third-order valence-corrected chi connectivity index (χ3v) is 3.94. The molecule has 0 aliphatic rings. The van der Waals surface area contributed by atoms with Gasteiger partial charge in [0.1, 0.15) is 5.75 Å². The van der Waals surface area contributed by atoms with E-state index in [1.54, 1.807) is 33.4 Å². The number of guanidine groups is 1. The van der Waals surface area contributed by atoms with Crippen molar-refractivity contribution in [2.24, 2.45) is 4.99 Å². The lowest BCUT2D eigenvalue weighted by molar-refractivity contribution is -0.153. The van der Waals surface area contributed by atoms with Gasteiger partial charge < -0.3 is 24.8 Å². The van der Waals surface area contributed by atoms with Crippen molar-refractivity contribution in [3.63, 3.8) is 0 Å². The first-order valence-electron chi connectivity index (χ1n) is 8.79. The number of halogens is 4. The first kappa shape index (κ1) is 25.7. The molecule has 2 aromatic rings. The quantitative estimate of drug-likeness (QED) is 0.300. The lowest BCUT2D eigenvalue weighted by Gasteiger charge is -2.15. The molecule has 0 amide bonds. The van der Waals surface area contributed by atoms with Crippen LogP contribution in [-0.2, 0) is 13.1 Å². The van der Waals surface area contributed by atoms with Crippen molar-refractivity contribution >= 4 is 29.9 Å². The third-order valence-electron chi connectivity index (χ3n) is 3.94. The van der Waals surface area contributed by atoms with Gasteiger partial charge in [-0.25, -0.2) is 0 Å². The SMILES string of the molecule is CN=C(NCc1ccc(OCC(F)(F)F)cc1)NCc1cccc(OC)c1OC.I. The number of hydrogen-bond donors (Lipinski definition) is 2. The molecule has 0 spiro atoms. The Morgan fingerprint density at radius 3 is 2.20 bits per heavy atom. The molecule has 30 heavy (non-hydrogen) atoms. The zero-order valence-corrected chi connectivity index (χ0v) is 19.2. The van der Waals surface area contributed by atoms with Gasteiger partial charge in [0.25, 0.3) is 0 Å². The highest BCUT2D eigenvalue weighted by Gasteiger charge is 2.28. The van der Waals surface area contributed by atoms with Crippen LogP contribution >= 0.6 is 24.0 Å². The second-order valence-corrected chi connectivity index (χ2v) is 5.98. The lowest BCUT2D eigenvalue weighted by Crippen LogP contribution is -2.36. The maximum Gasteiger partial charge on any atom is 0.422 e. The molecular formula is C20H25F3IN3O3. The second kappa shape index (κ2) is 12.4. The highest BCUT2D eigenvalue weighted by atomic mass is 127. The third kappa shape index (κ3) is 8.17. The number of benzene rings is 2. The fourth-order valence-electron chi connectivity index (χ4n) is 2.55. The Bertz CT molecular complexity index is 815. The van der Waals surface area contributed by atoms with Gasteiger partial charge in [-0.05, 0) is 23.8 Å². The average molecular weight is 539 g/mol. The highest BCUT2D eigenvalue weighted by molar-refractivity contribution is 14.0. The van der Waals surface area contributed by atoms with E-state index in [1.165, 1.54) is 12.1 Å². The lowest BCUT2D eigenvalue weighted by atomic mass is 10.2. The molecule has 0 atom stereocenters. The Balaban J connectivity index is 0.00000450. The Morgan fingerprint density at radius 2 is 1.63 bits per heavy atom. The number of alkyl halides is 3. The molecule has 2 aromatic carbocycles. The van der Waals surface area contributed by atoms with Crippen molar-refractivity contribution in [2.45, 2.75) is 19.3 Å². The first-order chi connectivity index (χ1) is 13.9. The van der Waals surface area contributed by atoms with Gasteiger partial charge in [0, 0.05) is 25.7 Å². The van der Waals surface area contributed by atoms with Crippen LogP contribution < -0.4 is 24.8 Å². The van der Waals surface area contributed by atoms with Crippen LogP contribution in [0, 0.1) is 0 Å². The Morgan fingerprint density at radius 1 is 0.967 bits per heavy atom. The van der Waals surface area contributed by atoms with Crippen LogP contribution in [0.5, 0.6) is 17.2 Å². The van der Waals surface area contributed by atoms with E-state index >= 15 is 0 Å². The molecule has 166 valence electrons. The van der Waals surface area contributed by atoms with Crippen molar-refractivity contribution < 1.29 is 27.4 Å². The number of para-hydroxylation sites is 1. The Kier molecular flexibility index (Phi) is 10.6. The molecule has 10 heteroatoms. The van der Waals surface area contributed by atoms with Crippen LogP contribution in [-0.4, -0.2) is 40.0 Å². The van der Waals surface area contributed by atoms with Crippen molar-refractivity contribution in [3.05, 3.63) is 53.6 Å². The summed E-state index contributed by atoms with van der Waals surface area (Å²) in [6.07, 6.45) is -4.36. The summed E-state index contributed by atoms with van der Waals surface area (Å²) >= 11 is 0. The monoisotopic (exact) mass is 539 g/mol. The molecular weight excluding hydrogens is 514 g/mol. The molecule has 2 N–H and O–H groups in total.